The number of benzene rings is 1. The van der Waals surface area contributed by atoms with E-state index in [2.05, 4.69) is 5.32 Å². The van der Waals surface area contributed by atoms with Crippen LogP contribution in [-0.2, 0) is 16.1 Å². The van der Waals surface area contributed by atoms with Gasteiger partial charge in [-0.2, -0.15) is 0 Å². The molecule has 1 N–H and O–H groups in total. The SMILES string of the molecule is COc1ccc(N2CC(C(=O)NCc3sccc3C)CC2=O)cc1. The van der Waals surface area contributed by atoms with Gasteiger partial charge in [-0.05, 0) is 48.2 Å². The van der Waals surface area contributed by atoms with Gasteiger partial charge in [-0.15, -0.1) is 11.3 Å². The van der Waals surface area contributed by atoms with Crippen molar-refractivity contribution in [1.82, 2.24) is 5.32 Å². The van der Waals surface area contributed by atoms with E-state index in [1.807, 2.05) is 42.6 Å². The first kappa shape index (κ1) is 16.5. The number of nitrogens with one attached hydrogen (secondary N) is 1. The minimum Gasteiger partial charge on any atom is -0.497 e. The molecule has 0 radical (unpaired) electrons. The van der Waals surface area contributed by atoms with Crippen LogP contribution in [0, 0.1) is 12.8 Å². The van der Waals surface area contributed by atoms with Crippen LogP contribution in [0.2, 0.25) is 0 Å². The second kappa shape index (κ2) is 7.05. The van der Waals surface area contributed by atoms with Crippen LogP contribution in [0.3, 0.4) is 0 Å². The smallest absolute Gasteiger partial charge is 0.227 e. The second-order valence-corrected chi connectivity index (χ2v) is 6.85. The van der Waals surface area contributed by atoms with Crippen LogP contribution in [0.15, 0.2) is 35.7 Å². The van der Waals surface area contributed by atoms with Crippen LogP contribution >= 0.6 is 11.3 Å². The quantitative estimate of drug-likeness (QED) is 0.907. The van der Waals surface area contributed by atoms with E-state index >= 15 is 0 Å². The number of hydrogen-bond acceptors (Lipinski definition) is 4. The largest absolute Gasteiger partial charge is 0.497 e. The van der Waals surface area contributed by atoms with E-state index < -0.39 is 0 Å². The molecular weight excluding hydrogens is 324 g/mol. The Kier molecular flexibility index (Phi) is 4.85. The zero-order valence-corrected chi connectivity index (χ0v) is 14.6. The highest BCUT2D eigenvalue weighted by molar-refractivity contribution is 7.10. The van der Waals surface area contributed by atoms with Gasteiger partial charge in [0.25, 0.3) is 0 Å². The monoisotopic (exact) mass is 344 g/mol. The number of thiophene rings is 1. The van der Waals surface area contributed by atoms with Crippen molar-refractivity contribution in [2.45, 2.75) is 19.9 Å². The number of rotatable bonds is 5. The molecule has 2 heterocycles. The van der Waals surface area contributed by atoms with E-state index in [0.29, 0.717) is 13.1 Å². The molecule has 0 saturated carbocycles. The summed E-state index contributed by atoms with van der Waals surface area (Å²) in [4.78, 5) is 27.4. The van der Waals surface area contributed by atoms with Crippen molar-refractivity contribution < 1.29 is 14.3 Å². The van der Waals surface area contributed by atoms with Crippen molar-refractivity contribution in [3.05, 3.63) is 46.2 Å². The summed E-state index contributed by atoms with van der Waals surface area (Å²) >= 11 is 1.63. The summed E-state index contributed by atoms with van der Waals surface area (Å²) in [5, 5.41) is 4.97. The van der Waals surface area contributed by atoms with Crippen molar-refractivity contribution in [3.63, 3.8) is 0 Å². The van der Waals surface area contributed by atoms with Crippen LogP contribution in [0.5, 0.6) is 5.75 Å². The van der Waals surface area contributed by atoms with E-state index in [4.69, 9.17) is 4.74 Å². The first-order valence-electron chi connectivity index (χ1n) is 7.83. The van der Waals surface area contributed by atoms with Crippen LogP contribution in [0.25, 0.3) is 0 Å². The molecule has 2 amide bonds. The number of amides is 2. The lowest BCUT2D eigenvalue weighted by atomic mass is 10.1. The molecule has 1 aromatic carbocycles. The summed E-state index contributed by atoms with van der Waals surface area (Å²) in [6, 6.07) is 9.35. The molecule has 5 nitrogen and oxygen atoms in total. The second-order valence-electron chi connectivity index (χ2n) is 5.85. The number of hydrogen-bond donors (Lipinski definition) is 1. The highest BCUT2D eigenvalue weighted by Crippen LogP contribution is 2.27. The van der Waals surface area contributed by atoms with Crippen LogP contribution < -0.4 is 15.0 Å². The molecule has 1 aliphatic rings. The molecule has 2 aromatic rings. The summed E-state index contributed by atoms with van der Waals surface area (Å²) in [6.07, 6.45) is 0.251. The van der Waals surface area contributed by atoms with Gasteiger partial charge in [0.15, 0.2) is 0 Å². The molecule has 6 heteroatoms. The summed E-state index contributed by atoms with van der Waals surface area (Å²) in [5.74, 6) is 0.352. The Bertz CT molecular complexity index is 739. The minimum atomic E-state index is -0.306. The molecule has 126 valence electrons. The van der Waals surface area contributed by atoms with Crippen molar-refractivity contribution in [1.29, 1.82) is 0 Å². The van der Waals surface area contributed by atoms with Gasteiger partial charge >= 0.3 is 0 Å². The fourth-order valence-electron chi connectivity index (χ4n) is 2.79. The molecule has 1 aromatic heterocycles. The molecule has 0 bridgehead atoms. The highest BCUT2D eigenvalue weighted by Gasteiger charge is 2.35. The lowest BCUT2D eigenvalue weighted by molar-refractivity contribution is -0.126. The van der Waals surface area contributed by atoms with Crippen molar-refractivity contribution in [2.24, 2.45) is 5.92 Å². The van der Waals surface area contributed by atoms with E-state index in [0.717, 1.165) is 16.3 Å². The first-order valence-corrected chi connectivity index (χ1v) is 8.71. The number of carbonyl (C=O) groups excluding carboxylic acids is 2. The maximum Gasteiger partial charge on any atom is 0.227 e. The van der Waals surface area contributed by atoms with Gasteiger partial charge < -0.3 is 15.0 Å². The maximum atomic E-state index is 12.4. The van der Waals surface area contributed by atoms with Gasteiger partial charge in [-0.25, -0.2) is 0 Å². The van der Waals surface area contributed by atoms with E-state index in [9.17, 15) is 9.59 Å². The number of carbonyl (C=O) groups is 2. The Morgan fingerprint density at radius 1 is 1.33 bits per heavy atom. The predicted molar refractivity (Wildman–Crippen MR) is 94.4 cm³/mol. The number of nitrogens with zero attached hydrogens (tertiary/aromatic N) is 1. The van der Waals surface area contributed by atoms with Gasteiger partial charge in [0, 0.05) is 23.5 Å². The molecule has 0 spiro atoms. The summed E-state index contributed by atoms with van der Waals surface area (Å²) in [5.41, 5.74) is 1.98. The Balaban J connectivity index is 1.61. The van der Waals surface area contributed by atoms with Gasteiger partial charge in [-0.1, -0.05) is 0 Å². The Labute approximate surface area is 145 Å². The average molecular weight is 344 g/mol. The molecule has 1 unspecified atom stereocenters. The zero-order chi connectivity index (χ0) is 17.1. The fraction of sp³-hybridized carbons (Fsp3) is 0.333. The number of anilines is 1. The predicted octanol–water partition coefficient (Wildman–Crippen LogP) is 2.73. The minimum absolute atomic E-state index is 0.0207. The lowest BCUT2D eigenvalue weighted by Crippen LogP contribution is -2.32. The summed E-state index contributed by atoms with van der Waals surface area (Å²) < 4.78 is 5.13. The highest BCUT2D eigenvalue weighted by atomic mass is 32.1. The molecule has 1 saturated heterocycles. The zero-order valence-electron chi connectivity index (χ0n) is 13.7. The number of methoxy groups -OCH3 is 1. The third-order valence-corrected chi connectivity index (χ3v) is 5.29. The standard InChI is InChI=1S/C18H20N2O3S/c1-12-7-8-24-16(12)10-19-18(22)13-9-17(21)20(11-13)14-3-5-15(23-2)6-4-14/h3-8,13H,9-11H2,1-2H3,(H,19,22). The number of aryl methyl sites for hydroxylation is 1. The normalized spacial score (nSPS) is 17.2. The molecular formula is C18H20N2O3S. The third kappa shape index (κ3) is 3.43. The average Bonchev–Trinajstić information content (AvgIpc) is 3.18. The molecule has 0 aliphatic carbocycles. The fourth-order valence-corrected chi connectivity index (χ4v) is 3.64. The Morgan fingerprint density at radius 2 is 2.08 bits per heavy atom. The van der Waals surface area contributed by atoms with Crippen LogP contribution in [-0.4, -0.2) is 25.5 Å². The van der Waals surface area contributed by atoms with Gasteiger partial charge in [0.2, 0.25) is 11.8 Å². The lowest BCUT2D eigenvalue weighted by Gasteiger charge is -2.17. The molecule has 1 atom stereocenters. The molecule has 1 fully saturated rings. The Hall–Kier alpha value is -2.34. The van der Waals surface area contributed by atoms with Crippen molar-refractivity contribution >= 4 is 28.8 Å². The molecule has 3 rings (SSSR count). The van der Waals surface area contributed by atoms with Gasteiger partial charge in [0.1, 0.15) is 5.75 Å². The van der Waals surface area contributed by atoms with E-state index in [1.165, 1.54) is 5.56 Å². The van der Waals surface area contributed by atoms with Crippen molar-refractivity contribution in [2.75, 3.05) is 18.6 Å². The van der Waals surface area contributed by atoms with Crippen LogP contribution in [0.4, 0.5) is 5.69 Å². The summed E-state index contributed by atoms with van der Waals surface area (Å²) in [6.45, 7) is 2.97. The molecule has 24 heavy (non-hydrogen) atoms. The van der Waals surface area contributed by atoms with Crippen LogP contribution in [0.1, 0.15) is 16.9 Å². The van der Waals surface area contributed by atoms with E-state index in [-0.39, 0.29) is 24.2 Å². The van der Waals surface area contributed by atoms with Gasteiger partial charge in [-0.3, -0.25) is 9.59 Å². The first-order chi connectivity index (χ1) is 11.6. The van der Waals surface area contributed by atoms with Gasteiger partial charge in [0.05, 0.1) is 19.6 Å². The maximum absolute atomic E-state index is 12.4. The summed E-state index contributed by atoms with van der Waals surface area (Å²) in [7, 11) is 1.60. The third-order valence-electron chi connectivity index (χ3n) is 4.27. The van der Waals surface area contributed by atoms with Crippen molar-refractivity contribution in [3.8, 4) is 5.75 Å². The van der Waals surface area contributed by atoms with E-state index in [1.54, 1.807) is 23.3 Å². The molecule has 1 aliphatic heterocycles. The number of ether oxygens (including phenoxy) is 1. The Morgan fingerprint density at radius 3 is 2.71 bits per heavy atom. The topological polar surface area (TPSA) is 58.6 Å².